The van der Waals surface area contributed by atoms with E-state index < -0.39 is 12.1 Å². The number of hydrogen-bond donors (Lipinski definition) is 0. The third-order valence-corrected chi connectivity index (χ3v) is 2.37. The molecule has 1 aromatic carbocycles. The fourth-order valence-corrected chi connectivity index (χ4v) is 1.47. The monoisotopic (exact) mass is 275 g/mol. The van der Waals surface area contributed by atoms with Crippen LogP contribution in [0.25, 0.3) is 6.08 Å². The first-order valence-electron chi connectivity index (χ1n) is 6.19. The molecule has 0 fully saturated rings. The van der Waals surface area contributed by atoms with Crippen LogP contribution < -0.4 is 9.47 Å². The van der Waals surface area contributed by atoms with E-state index in [0.717, 1.165) is 5.56 Å². The summed E-state index contributed by atoms with van der Waals surface area (Å²) in [5.41, 5.74) is 0.770. The molecule has 0 spiro atoms. The van der Waals surface area contributed by atoms with Crippen LogP contribution in [0.3, 0.4) is 0 Å². The number of carbonyl (C=O) groups is 1. The largest absolute Gasteiger partial charge is 0.493 e. The van der Waals surface area contributed by atoms with Crippen molar-refractivity contribution in [1.82, 2.24) is 0 Å². The predicted molar refractivity (Wildman–Crippen MR) is 74.4 cm³/mol. The highest BCUT2D eigenvalue weighted by atomic mass is 16.5. The van der Waals surface area contributed by atoms with Gasteiger partial charge >= 0.3 is 5.97 Å². The van der Waals surface area contributed by atoms with Gasteiger partial charge in [0.15, 0.2) is 17.6 Å². The first-order valence-corrected chi connectivity index (χ1v) is 6.19. The Morgan fingerprint density at radius 2 is 2.20 bits per heavy atom. The van der Waals surface area contributed by atoms with Gasteiger partial charge in [-0.3, -0.25) is 0 Å². The lowest BCUT2D eigenvalue weighted by molar-refractivity contribution is -0.139. The number of carbonyl (C=O) groups excluding carboxylic acids is 1. The van der Waals surface area contributed by atoms with E-state index in [1.807, 2.05) is 13.0 Å². The molecule has 1 rings (SSSR count). The van der Waals surface area contributed by atoms with Crippen LogP contribution in [-0.4, -0.2) is 25.8 Å². The first-order chi connectivity index (χ1) is 9.60. The molecule has 5 heteroatoms. The zero-order chi connectivity index (χ0) is 15.0. The molecule has 1 atom stereocenters. The van der Waals surface area contributed by atoms with Gasteiger partial charge < -0.3 is 14.2 Å². The molecule has 0 aliphatic heterocycles. The normalized spacial score (nSPS) is 11.7. The molecule has 0 bridgehead atoms. The molecule has 106 valence electrons. The van der Waals surface area contributed by atoms with Crippen molar-refractivity contribution in [3.05, 3.63) is 29.8 Å². The first kappa shape index (κ1) is 15.6. The van der Waals surface area contributed by atoms with Crippen molar-refractivity contribution in [3.63, 3.8) is 0 Å². The second-order valence-corrected chi connectivity index (χ2v) is 3.88. The molecule has 0 radical (unpaired) electrons. The maximum atomic E-state index is 11.4. The Balaban J connectivity index is 2.78. The average Bonchev–Trinajstić information content (AvgIpc) is 2.46. The fraction of sp³-hybridized carbons (Fsp3) is 0.333. The minimum Gasteiger partial charge on any atom is -0.493 e. The molecule has 0 aliphatic rings. The fourth-order valence-electron chi connectivity index (χ4n) is 1.47. The van der Waals surface area contributed by atoms with Crippen molar-refractivity contribution < 1.29 is 19.0 Å². The molecule has 0 saturated carbocycles. The average molecular weight is 275 g/mol. The van der Waals surface area contributed by atoms with Gasteiger partial charge in [-0.2, -0.15) is 5.26 Å². The summed E-state index contributed by atoms with van der Waals surface area (Å²) >= 11 is 0. The van der Waals surface area contributed by atoms with E-state index >= 15 is 0 Å². The van der Waals surface area contributed by atoms with Crippen LogP contribution in [0.2, 0.25) is 0 Å². The van der Waals surface area contributed by atoms with Gasteiger partial charge in [0.25, 0.3) is 0 Å². The zero-order valence-corrected chi connectivity index (χ0v) is 11.8. The molecule has 0 saturated heterocycles. The SMILES string of the molecule is CCOc1ccc(/C=C/C(=O)O[C@H](C)C#N)cc1OC. The minimum absolute atomic E-state index is 0.546. The summed E-state index contributed by atoms with van der Waals surface area (Å²) in [5, 5.41) is 8.54. The summed E-state index contributed by atoms with van der Waals surface area (Å²) in [7, 11) is 1.55. The number of nitrogens with zero attached hydrogens (tertiary/aromatic N) is 1. The Morgan fingerprint density at radius 1 is 1.45 bits per heavy atom. The summed E-state index contributed by atoms with van der Waals surface area (Å²) in [6, 6.07) is 7.14. The Morgan fingerprint density at radius 3 is 2.80 bits per heavy atom. The highest BCUT2D eigenvalue weighted by Gasteiger charge is 2.06. The molecule has 0 aliphatic carbocycles. The molecule has 0 N–H and O–H groups in total. The highest BCUT2D eigenvalue weighted by Crippen LogP contribution is 2.28. The number of rotatable bonds is 6. The van der Waals surface area contributed by atoms with Gasteiger partial charge in [0.05, 0.1) is 13.7 Å². The van der Waals surface area contributed by atoms with E-state index in [2.05, 4.69) is 0 Å². The molecule has 0 unspecified atom stereocenters. The van der Waals surface area contributed by atoms with Gasteiger partial charge in [-0.1, -0.05) is 6.07 Å². The van der Waals surface area contributed by atoms with Gasteiger partial charge in [0, 0.05) is 6.08 Å². The van der Waals surface area contributed by atoms with E-state index in [1.165, 1.54) is 13.0 Å². The van der Waals surface area contributed by atoms with E-state index in [9.17, 15) is 4.79 Å². The molecule has 20 heavy (non-hydrogen) atoms. The maximum absolute atomic E-state index is 11.4. The predicted octanol–water partition coefficient (Wildman–Crippen LogP) is 2.56. The van der Waals surface area contributed by atoms with Crippen molar-refractivity contribution in [3.8, 4) is 17.6 Å². The van der Waals surface area contributed by atoms with Gasteiger partial charge in [0.2, 0.25) is 0 Å². The number of nitriles is 1. The Hall–Kier alpha value is -2.48. The van der Waals surface area contributed by atoms with Crippen molar-refractivity contribution in [2.45, 2.75) is 20.0 Å². The highest BCUT2D eigenvalue weighted by molar-refractivity contribution is 5.87. The van der Waals surface area contributed by atoms with Crippen LogP contribution in [0.15, 0.2) is 24.3 Å². The van der Waals surface area contributed by atoms with Gasteiger partial charge in [-0.15, -0.1) is 0 Å². The quantitative estimate of drug-likeness (QED) is 0.589. The second-order valence-electron chi connectivity index (χ2n) is 3.88. The minimum atomic E-state index is -0.762. The number of methoxy groups -OCH3 is 1. The second kappa shape index (κ2) is 7.85. The lowest BCUT2D eigenvalue weighted by Gasteiger charge is -2.09. The van der Waals surface area contributed by atoms with Crippen LogP contribution in [0.5, 0.6) is 11.5 Å². The van der Waals surface area contributed by atoms with Crippen LogP contribution in [0.4, 0.5) is 0 Å². The van der Waals surface area contributed by atoms with Crippen LogP contribution in [0.1, 0.15) is 19.4 Å². The number of ether oxygens (including phenoxy) is 3. The van der Waals surface area contributed by atoms with Crippen LogP contribution >= 0.6 is 0 Å². The number of benzene rings is 1. The Bertz CT molecular complexity index is 531. The Labute approximate surface area is 118 Å². The molecular formula is C15H17NO4. The Kier molecular flexibility index (Phi) is 6.11. The van der Waals surface area contributed by atoms with E-state index in [4.69, 9.17) is 19.5 Å². The van der Waals surface area contributed by atoms with Crippen molar-refractivity contribution >= 4 is 12.0 Å². The number of hydrogen-bond acceptors (Lipinski definition) is 5. The molecule has 1 aromatic rings. The standard InChI is InChI=1S/C15H17NO4/c1-4-19-13-7-5-12(9-14(13)18-3)6-8-15(17)20-11(2)10-16/h5-9,11H,4H2,1-3H3/b8-6+/t11-/m1/s1. The third-order valence-electron chi connectivity index (χ3n) is 2.37. The van der Waals surface area contributed by atoms with Crippen LogP contribution in [0, 0.1) is 11.3 Å². The lowest BCUT2D eigenvalue weighted by Crippen LogP contribution is -2.10. The summed E-state index contributed by atoms with van der Waals surface area (Å²) < 4.78 is 15.4. The van der Waals surface area contributed by atoms with Gasteiger partial charge in [-0.25, -0.2) is 4.79 Å². The summed E-state index contributed by atoms with van der Waals surface area (Å²) in [6.45, 7) is 3.94. The third kappa shape index (κ3) is 4.65. The number of esters is 1. The van der Waals surface area contributed by atoms with Crippen molar-refractivity contribution in [2.75, 3.05) is 13.7 Å². The summed E-state index contributed by atoms with van der Waals surface area (Å²) in [5.74, 6) is 0.674. The van der Waals surface area contributed by atoms with Crippen molar-refractivity contribution in [2.24, 2.45) is 0 Å². The van der Waals surface area contributed by atoms with Crippen molar-refractivity contribution in [1.29, 1.82) is 5.26 Å². The molecule has 5 nitrogen and oxygen atoms in total. The lowest BCUT2D eigenvalue weighted by atomic mass is 10.2. The molecular weight excluding hydrogens is 258 g/mol. The summed E-state index contributed by atoms with van der Waals surface area (Å²) in [6.07, 6.45) is 2.09. The zero-order valence-electron chi connectivity index (χ0n) is 11.8. The van der Waals surface area contributed by atoms with E-state index in [-0.39, 0.29) is 0 Å². The maximum Gasteiger partial charge on any atom is 0.332 e. The topological polar surface area (TPSA) is 68.5 Å². The van der Waals surface area contributed by atoms with E-state index in [0.29, 0.717) is 18.1 Å². The molecule has 0 amide bonds. The summed E-state index contributed by atoms with van der Waals surface area (Å²) in [4.78, 5) is 11.4. The van der Waals surface area contributed by atoms with E-state index in [1.54, 1.807) is 31.4 Å². The molecule has 0 heterocycles. The smallest absolute Gasteiger partial charge is 0.332 e. The van der Waals surface area contributed by atoms with Crippen LogP contribution in [-0.2, 0) is 9.53 Å². The van der Waals surface area contributed by atoms with Gasteiger partial charge in [-0.05, 0) is 37.6 Å². The van der Waals surface area contributed by atoms with Gasteiger partial charge in [0.1, 0.15) is 6.07 Å². The molecule has 0 aromatic heterocycles.